The van der Waals surface area contributed by atoms with Crippen LogP contribution in [0.25, 0.3) is 0 Å². The van der Waals surface area contributed by atoms with E-state index in [9.17, 15) is 9.59 Å². The molecule has 0 aliphatic carbocycles. The van der Waals surface area contributed by atoms with E-state index in [1.54, 1.807) is 31.4 Å². The van der Waals surface area contributed by atoms with Gasteiger partial charge in [-0.1, -0.05) is 42.5 Å². The van der Waals surface area contributed by atoms with Crippen LogP contribution in [0.2, 0.25) is 0 Å². The number of rotatable bonds is 9. The number of carbonyl (C=O) groups excluding carboxylic acids is 1. The maximum atomic E-state index is 12.5. The van der Waals surface area contributed by atoms with Crippen LogP contribution in [0.3, 0.4) is 0 Å². The van der Waals surface area contributed by atoms with Crippen molar-refractivity contribution < 1.29 is 19.4 Å². The van der Waals surface area contributed by atoms with E-state index in [2.05, 4.69) is 5.32 Å². The predicted molar refractivity (Wildman–Crippen MR) is 91.5 cm³/mol. The van der Waals surface area contributed by atoms with Crippen LogP contribution in [-0.2, 0) is 11.2 Å². The minimum Gasteiger partial charge on any atom is -0.497 e. The largest absolute Gasteiger partial charge is 0.497 e. The van der Waals surface area contributed by atoms with Crippen molar-refractivity contribution in [1.82, 2.24) is 5.32 Å². The summed E-state index contributed by atoms with van der Waals surface area (Å²) in [4.78, 5) is 23.5. The van der Waals surface area contributed by atoms with E-state index in [1.807, 2.05) is 30.3 Å². The SMILES string of the molecule is COc1ccc(CCNC(CC(=O)O)C(=O)c2ccccc2)cc1. The van der Waals surface area contributed by atoms with Crippen molar-refractivity contribution in [2.75, 3.05) is 13.7 Å². The third-order valence-corrected chi connectivity index (χ3v) is 3.72. The first-order valence-electron chi connectivity index (χ1n) is 7.77. The van der Waals surface area contributed by atoms with E-state index in [-0.39, 0.29) is 12.2 Å². The Morgan fingerprint density at radius 2 is 1.75 bits per heavy atom. The van der Waals surface area contributed by atoms with Crippen LogP contribution >= 0.6 is 0 Å². The van der Waals surface area contributed by atoms with Crippen LogP contribution in [0.15, 0.2) is 54.6 Å². The number of ether oxygens (including phenoxy) is 1. The summed E-state index contributed by atoms with van der Waals surface area (Å²) in [5.74, 6) is -0.413. The second-order valence-electron chi connectivity index (χ2n) is 5.43. The Bertz CT molecular complexity index is 668. The van der Waals surface area contributed by atoms with Gasteiger partial charge in [0.15, 0.2) is 5.78 Å². The second-order valence-corrected chi connectivity index (χ2v) is 5.43. The lowest BCUT2D eigenvalue weighted by Gasteiger charge is -2.16. The molecule has 0 radical (unpaired) electrons. The maximum Gasteiger partial charge on any atom is 0.305 e. The summed E-state index contributed by atoms with van der Waals surface area (Å²) in [6, 6.07) is 15.7. The minimum absolute atomic E-state index is 0.201. The van der Waals surface area contributed by atoms with Crippen molar-refractivity contribution in [3.63, 3.8) is 0 Å². The van der Waals surface area contributed by atoms with Gasteiger partial charge in [0.05, 0.1) is 19.6 Å². The molecule has 0 aliphatic heterocycles. The number of hydrogen-bond acceptors (Lipinski definition) is 4. The Balaban J connectivity index is 1.95. The quantitative estimate of drug-likeness (QED) is 0.692. The highest BCUT2D eigenvalue weighted by Crippen LogP contribution is 2.12. The summed E-state index contributed by atoms with van der Waals surface area (Å²) in [5, 5.41) is 12.1. The van der Waals surface area contributed by atoms with Crippen LogP contribution < -0.4 is 10.1 Å². The van der Waals surface area contributed by atoms with Crippen molar-refractivity contribution in [3.05, 3.63) is 65.7 Å². The van der Waals surface area contributed by atoms with E-state index in [4.69, 9.17) is 9.84 Å². The first kappa shape index (κ1) is 17.7. The second kappa shape index (κ2) is 8.84. The molecule has 0 spiro atoms. The standard InChI is InChI=1S/C19H21NO4/c1-24-16-9-7-14(8-10-16)11-12-20-17(13-18(21)22)19(23)15-5-3-2-4-6-15/h2-10,17,20H,11-13H2,1H3,(H,21,22). The van der Waals surface area contributed by atoms with Crippen LogP contribution in [0, 0.1) is 0 Å². The van der Waals surface area contributed by atoms with Gasteiger partial charge in [-0.2, -0.15) is 0 Å². The van der Waals surface area contributed by atoms with E-state index in [0.717, 1.165) is 11.3 Å². The molecule has 0 saturated carbocycles. The summed E-state index contributed by atoms with van der Waals surface area (Å²) < 4.78 is 5.11. The monoisotopic (exact) mass is 327 g/mol. The summed E-state index contributed by atoms with van der Waals surface area (Å²) >= 11 is 0. The fraction of sp³-hybridized carbons (Fsp3) is 0.263. The molecule has 2 aromatic rings. The topological polar surface area (TPSA) is 75.6 Å². The zero-order valence-corrected chi connectivity index (χ0v) is 13.6. The predicted octanol–water partition coefficient (Wildman–Crippen LogP) is 2.55. The molecule has 5 heteroatoms. The lowest BCUT2D eigenvalue weighted by Crippen LogP contribution is -2.39. The Hall–Kier alpha value is -2.66. The number of nitrogens with one attached hydrogen (secondary N) is 1. The van der Waals surface area contributed by atoms with E-state index in [0.29, 0.717) is 18.5 Å². The van der Waals surface area contributed by atoms with Crippen LogP contribution in [0.5, 0.6) is 5.75 Å². The van der Waals surface area contributed by atoms with E-state index < -0.39 is 12.0 Å². The molecular formula is C19H21NO4. The number of carboxylic acid groups (broad SMARTS) is 1. The first-order chi connectivity index (χ1) is 11.6. The van der Waals surface area contributed by atoms with Gasteiger partial charge in [-0.3, -0.25) is 9.59 Å². The van der Waals surface area contributed by atoms with Gasteiger partial charge in [0.25, 0.3) is 0 Å². The van der Waals surface area contributed by atoms with Gasteiger partial charge in [0.1, 0.15) is 5.75 Å². The summed E-state index contributed by atoms with van der Waals surface area (Å²) in [5.41, 5.74) is 1.60. The smallest absolute Gasteiger partial charge is 0.305 e. The van der Waals surface area contributed by atoms with Gasteiger partial charge in [0, 0.05) is 5.56 Å². The van der Waals surface area contributed by atoms with Gasteiger partial charge in [-0.25, -0.2) is 0 Å². The third kappa shape index (κ3) is 5.21. The number of carbonyl (C=O) groups is 2. The Morgan fingerprint density at radius 1 is 1.08 bits per heavy atom. The number of aliphatic carboxylic acids is 1. The van der Waals surface area contributed by atoms with Crippen molar-refractivity contribution in [1.29, 1.82) is 0 Å². The highest BCUT2D eigenvalue weighted by atomic mass is 16.5. The Morgan fingerprint density at radius 3 is 2.33 bits per heavy atom. The Kier molecular flexibility index (Phi) is 6.51. The van der Waals surface area contributed by atoms with Crippen molar-refractivity contribution in [2.24, 2.45) is 0 Å². The molecular weight excluding hydrogens is 306 g/mol. The molecule has 0 aliphatic rings. The average Bonchev–Trinajstić information content (AvgIpc) is 2.61. The highest BCUT2D eigenvalue weighted by Gasteiger charge is 2.22. The van der Waals surface area contributed by atoms with Crippen LogP contribution in [0.4, 0.5) is 0 Å². The van der Waals surface area contributed by atoms with Gasteiger partial charge in [-0.05, 0) is 30.7 Å². The molecule has 0 heterocycles. The lowest BCUT2D eigenvalue weighted by atomic mass is 10.0. The number of Topliss-reactive ketones (excluding diaryl/α,β-unsaturated/α-hetero) is 1. The average molecular weight is 327 g/mol. The Labute approximate surface area is 141 Å². The van der Waals surface area contributed by atoms with Gasteiger partial charge in [-0.15, -0.1) is 0 Å². The molecule has 126 valence electrons. The molecule has 0 bridgehead atoms. The number of ketones is 1. The first-order valence-corrected chi connectivity index (χ1v) is 7.77. The zero-order chi connectivity index (χ0) is 17.4. The summed E-state index contributed by atoms with van der Waals surface area (Å²) in [7, 11) is 1.61. The minimum atomic E-state index is -0.999. The number of hydrogen-bond donors (Lipinski definition) is 2. The molecule has 2 aromatic carbocycles. The van der Waals surface area contributed by atoms with Gasteiger partial charge >= 0.3 is 5.97 Å². The highest BCUT2D eigenvalue weighted by molar-refractivity contribution is 6.01. The van der Waals surface area contributed by atoms with E-state index in [1.165, 1.54) is 0 Å². The molecule has 0 aromatic heterocycles. The van der Waals surface area contributed by atoms with Crippen molar-refractivity contribution in [3.8, 4) is 5.75 Å². The summed E-state index contributed by atoms with van der Waals surface area (Å²) in [6.07, 6.45) is 0.457. The normalized spacial score (nSPS) is 11.7. The van der Waals surface area contributed by atoms with E-state index >= 15 is 0 Å². The third-order valence-electron chi connectivity index (χ3n) is 3.72. The molecule has 1 unspecified atom stereocenters. The lowest BCUT2D eigenvalue weighted by molar-refractivity contribution is -0.137. The summed E-state index contributed by atoms with van der Waals surface area (Å²) in [6.45, 7) is 0.517. The number of methoxy groups -OCH3 is 1. The zero-order valence-electron chi connectivity index (χ0n) is 13.6. The van der Waals surface area contributed by atoms with Gasteiger partial charge < -0.3 is 15.2 Å². The van der Waals surface area contributed by atoms with Gasteiger partial charge in [0.2, 0.25) is 0 Å². The molecule has 5 nitrogen and oxygen atoms in total. The molecule has 2 N–H and O–H groups in total. The molecule has 24 heavy (non-hydrogen) atoms. The molecule has 0 saturated heterocycles. The maximum absolute atomic E-state index is 12.5. The number of benzene rings is 2. The molecule has 0 fully saturated rings. The van der Waals surface area contributed by atoms with Crippen molar-refractivity contribution >= 4 is 11.8 Å². The van der Waals surface area contributed by atoms with Crippen LogP contribution in [0.1, 0.15) is 22.3 Å². The molecule has 1 atom stereocenters. The fourth-order valence-electron chi connectivity index (χ4n) is 2.42. The molecule has 0 amide bonds. The van der Waals surface area contributed by atoms with Crippen LogP contribution in [-0.4, -0.2) is 36.6 Å². The number of carboxylic acids is 1. The fourth-order valence-corrected chi connectivity index (χ4v) is 2.42. The van der Waals surface area contributed by atoms with Crippen molar-refractivity contribution in [2.45, 2.75) is 18.9 Å². The molecule has 2 rings (SSSR count).